The average Bonchev–Trinajstić information content (AvgIpc) is 3.84. The lowest BCUT2D eigenvalue weighted by Crippen LogP contribution is -2.18. The van der Waals surface area contributed by atoms with Crippen LogP contribution < -0.4 is 4.90 Å². The van der Waals surface area contributed by atoms with Gasteiger partial charge in [0.05, 0.1) is 5.69 Å². The van der Waals surface area contributed by atoms with Crippen molar-refractivity contribution in [2.75, 3.05) is 4.90 Å². The van der Waals surface area contributed by atoms with Crippen molar-refractivity contribution in [1.82, 2.24) is 0 Å². The molecular weight excluding hydrogens is 703 g/mol. The first-order valence-electron chi connectivity index (χ1n) is 20.4. The number of nitrogens with zero attached hydrogens (tertiary/aromatic N) is 1. The van der Waals surface area contributed by atoms with E-state index >= 15 is 0 Å². The minimum atomic E-state index is -0.151. The SMILES string of the molecule is CC1(C)c2ccccc2-c2ccc(N(c3ccc4c(c3)C(C)(C)c3ccccc3-4)c3cc4c(cc3-c3ccccc3)oc3c5ccccc5c5ccccc5c43)cc21. The van der Waals surface area contributed by atoms with Crippen molar-refractivity contribution in [2.45, 2.75) is 38.5 Å². The van der Waals surface area contributed by atoms with E-state index in [9.17, 15) is 0 Å². The summed E-state index contributed by atoms with van der Waals surface area (Å²) >= 11 is 0. The van der Waals surface area contributed by atoms with Gasteiger partial charge in [-0.05, 0) is 103 Å². The third kappa shape index (κ3) is 4.49. The van der Waals surface area contributed by atoms with Crippen LogP contribution in [0.2, 0.25) is 0 Å². The van der Waals surface area contributed by atoms with Crippen LogP contribution in [0.5, 0.6) is 0 Å². The molecule has 0 radical (unpaired) electrons. The predicted octanol–water partition coefficient (Wildman–Crippen LogP) is 15.6. The topological polar surface area (TPSA) is 16.4 Å². The number of hydrogen-bond acceptors (Lipinski definition) is 2. The van der Waals surface area contributed by atoms with E-state index in [4.69, 9.17) is 4.42 Å². The number of furan rings is 1. The molecule has 0 saturated heterocycles. The van der Waals surface area contributed by atoms with Gasteiger partial charge in [0.2, 0.25) is 0 Å². The summed E-state index contributed by atoms with van der Waals surface area (Å²) in [5, 5.41) is 7.04. The van der Waals surface area contributed by atoms with Crippen molar-refractivity contribution in [2.24, 2.45) is 0 Å². The molecule has 0 saturated carbocycles. The molecule has 0 amide bonds. The second-order valence-electron chi connectivity index (χ2n) is 17.3. The summed E-state index contributed by atoms with van der Waals surface area (Å²) in [6, 6.07) is 65.1. The number of rotatable bonds is 4. The summed E-state index contributed by atoms with van der Waals surface area (Å²) in [5.74, 6) is 0. The molecule has 276 valence electrons. The van der Waals surface area contributed by atoms with Crippen LogP contribution in [0.1, 0.15) is 49.9 Å². The van der Waals surface area contributed by atoms with Gasteiger partial charge in [-0.1, -0.05) is 167 Å². The molecule has 0 N–H and O–H groups in total. The predicted molar refractivity (Wildman–Crippen MR) is 244 cm³/mol. The van der Waals surface area contributed by atoms with Gasteiger partial charge < -0.3 is 9.32 Å². The highest BCUT2D eigenvalue weighted by atomic mass is 16.3. The Morgan fingerprint density at radius 3 is 1.47 bits per heavy atom. The lowest BCUT2D eigenvalue weighted by atomic mass is 9.82. The Hall–Kier alpha value is -6.90. The minimum Gasteiger partial charge on any atom is -0.455 e. The average molecular weight is 744 g/mol. The Morgan fingerprint density at radius 2 is 0.862 bits per heavy atom. The molecular formula is C56H41NO. The van der Waals surface area contributed by atoms with Crippen LogP contribution in [0.25, 0.3) is 76.9 Å². The molecule has 2 aliphatic carbocycles. The fraction of sp³-hybridized carbons (Fsp3) is 0.107. The van der Waals surface area contributed by atoms with E-state index < -0.39 is 0 Å². The summed E-state index contributed by atoms with van der Waals surface area (Å²) in [6.07, 6.45) is 0. The van der Waals surface area contributed by atoms with E-state index in [0.29, 0.717) is 0 Å². The van der Waals surface area contributed by atoms with Crippen LogP contribution >= 0.6 is 0 Å². The van der Waals surface area contributed by atoms with Crippen LogP contribution in [-0.2, 0) is 10.8 Å². The summed E-state index contributed by atoms with van der Waals surface area (Å²) in [5.41, 5.74) is 17.9. The maximum absolute atomic E-state index is 7.01. The van der Waals surface area contributed by atoms with E-state index in [1.807, 2.05) is 0 Å². The zero-order valence-corrected chi connectivity index (χ0v) is 33.1. The summed E-state index contributed by atoms with van der Waals surface area (Å²) < 4.78 is 7.01. The van der Waals surface area contributed by atoms with Crippen molar-refractivity contribution < 1.29 is 4.42 Å². The highest BCUT2D eigenvalue weighted by Crippen LogP contribution is 2.55. The van der Waals surface area contributed by atoms with Crippen molar-refractivity contribution in [3.05, 3.63) is 198 Å². The fourth-order valence-electron chi connectivity index (χ4n) is 10.6. The Balaban J connectivity index is 1.19. The van der Waals surface area contributed by atoms with E-state index in [1.165, 1.54) is 60.7 Å². The Morgan fingerprint density at radius 1 is 0.379 bits per heavy atom. The number of fused-ring (bicyclic) bond motifs is 14. The van der Waals surface area contributed by atoms with Gasteiger partial charge in [0.15, 0.2) is 0 Å². The van der Waals surface area contributed by atoms with Gasteiger partial charge in [0, 0.05) is 43.9 Å². The number of anilines is 3. The second kappa shape index (κ2) is 11.8. The third-order valence-electron chi connectivity index (χ3n) is 13.4. The largest absolute Gasteiger partial charge is 0.455 e. The monoisotopic (exact) mass is 743 g/mol. The number of benzene rings is 9. The highest BCUT2D eigenvalue weighted by Gasteiger charge is 2.38. The Labute approximate surface area is 338 Å². The molecule has 0 atom stereocenters. The molecule has 2 nitrogen and oxygen atoms in total. The van der Waals surface area contributed by atoms with Gasteiger partial charge in [-0.3, -0.25) is 0 Å². The molecule has 2 heteroatoms. The fourth-order valence-corrected chi connectivity index (χ4v) is 10.6. The molecule has 0 fully saturated rings. The van der Waals surface area contributed by atoms with E-state index in [0.717, 1.165) is 55.5 Å². The smallest absolute Gasteiger partial charge is 0.143 e. The third-order valence-corrected chi connectivity index (χ3v) is 13.4. The Kier molecular flexibility index (Phi) is 6.78. The quantitative estimate of drug-likeness (QED) is 0.167. The van der Waals surface area contributed by atoms with E-state index in [-0.39, 0.29) is 10.8 Å². The molecule has 0 unspecified atom stereocenters. The van der Waals surface area contributed by atoms with E-state index in [1.54, 1.807) is 0 Å². The van der Waals surface area contributed by atoms with Crippen LogP contribution in [-0.4, -0.2) is 0 Å². The van der Waals surface area contributed by atoms with Gasteiger partial charge in [-0.15, -0.1) is 0 Å². The molecule has 2 aliphatic rings. The maximum atomic E-state index is 7.01. The molecule has 58 heavy (non-hydrogen) atoms. The molecule has 0 aliphatic heterocycles. The van der Waals surface area contributed by atoms with E-state index in [2.05, 4.69) is 209 Å². The zero-order valence-electron chi connectivity index (χ0n) is 33.1. The van der Waals surface area contributed by atoms with Crippen LogP contribution in [0, 0.1) is 0 Å². The molecule has 0 spiro atoms. The first-order chi connectivity index (χ1) is 28.3. The van der Waals surface area contributed by atoms with Gasteiger partial charge in [0.1, 0.15) is 11.2 Å². The summed E-state index contributed by atoms with van der Waals surface area (Å²) in [4.78, 5) is 2.52. The van der Waals surface area contributed by atoms with Crippen molar-refractivity contribution in [3.63, 3.8) is 0 Å². The lowest BCUT2D eigenvalue weighted by molar-refractivity contribution is 0.660. The first kappa shape index (κ1) is 33.3. The van der Waals surface area contributed by atoms with Crippen LogP contribution in [0.15, 0.2) is 180 Å². The lowest BCUT2D eigenvalue weighted by Gasteiger charge is -2.31. The standard InChI is InChI=1S/C56H41NO/c1-55(2)47-24-14-12-20-39(47)41-28-26-35(30-49(41)55)57(36-27-29-42-40-21-13-15-25-48(40)56(3,4)50(42)31-36)51-32-46-52(33-45(51)34-16-6-5-7-17-34)58-54-44-23-11-9-19-38(44)37-18-8-10-22-43(37)53(46)54/h5-33H,1-4H3. The van der Waals surface area contributed by atoms with Gasteiger partial charge in [-0.2, -0.15) is 0 Å². The molecule has 1 heterocycles. The zero-order chi connectivity index (χ0) is 38.9. The van der Waals surface area contributed by atoms with Crippen LogP contribution in [0.4, 0.5) is 17.1 Å². The van der Waals surface area contributed by atoms with Gasteiger partial charge in [0.25, 0.3) is 0 Å². The Bertz CT molecular complexity index is 3240. The maximum Gasteiger partial charge on any atom is 0.143 e. The van der Waals surface area contributed by atoms with Crippen molar-refractivity contribution in [1.29, 1.82) is 0 Å². The molecule has 12 rings (SSSR count). The molecule has 9 aromatic carbocycles. The normalized spacial score (nSPS) is 14.5. The minimum absolute atomic E-state index is 0.151. The first-order valence-corrected chi connectivity index (χ1v) is 20.4. The summed E-state index contributed by atoms with van der Waals surface area (Å²) in [6.45, 7) is 9.48. The molecule has 10 aromatic rings. The van der Waals surface area contributed by atoms with Crippen molar-refractivity contribution >= 4 is 60.5 Å². The highest BCUT2D eigenvalue weighted by molar-refractivity contribution is 6.30. The molecule has 0 bridgehead atoms. The number of hydrogen-bond donors (Lipinski definition) is 0. The van der Waals surface area contributed by atoms with Gasteiger partial charge in [-0.25, -0.2) is 0 Å². The van der Waals surface area contributed by atoms with Crippen molar-refractivity contribution in [3.8, 4) is 33.4 Å². The summed E-state index contributed by atoms with van der Waals surface area (Å²) in [7, 11) is 0. The molecule has 1 aromatic heterocycles. The van der Waals surface area contributed by atoms with Gasteiger partial charge >= 0.3 is 0 Å². The van der Waals surface area contributed by atoms with Crippen LogP contribution in [0.3, 0.4) is 0 Å². The second-order valence-corrected chi connectivity index (χ2v) is 17.3.